The Kier molecular flexibility index (Phi) is 8.86. The van der Waals surface area contributed by atoms with Crippen LogP contribution >= 0.6 is 11.6 Å². The lowest BCUT2D eigenvalue weighted by Crippen LogP contribution is -2.36. The molecule has 3 N–H and O–H groups in total. The van der Waals surface area contributed by atoms with Crippen molar-refractivity contribution in [1.82, 2.24) is 15.1 Å². The van der Waals surface area contributed by atoms with Gasteiger partial charge in [0.15, 0.2) is 0 Å². The van der Waals surface area contributed by atoms with Crippen molar-refractivity contribution >= 4 is 40.7 Å². The van der Waals surface area contributed by atoms with E-state index in [1.807, 2.05) is 17.8 Å². The van der Waals surface area contributed by atoms with E-state index in [2.05, 4.69) is 33.0 Å². The summed E-state index contributed by atoms with van der Waals surface area (Å²) in [4.78, 5) is 28.8. The maximum Gasteiger partial charge on any atom is 0.257 e. The minimum absolute atomic E-state index is 0.186. The normalized spacial score (nSPS) is 11.2. The Hall–Kier alpha value is -3.85. The van der Waals surface area contributed by atoms with Crippen molar-refractivity contribution in [3.05, 3.63) is 70.5 Å². The SMILES string of the molecule is CCCn1cc(CN=C(NC(=O)c2ccc(NC(C)=O)cc2)Nc2cc(Cl)ccc2OC)c(C)n1. The molecular formula is C25H29ClN6O3. The molecule has 9 nitrogen and oxygen atoms in total. The number of nitrogens with one attached hydrogen (secondary N) is 3. The predicted octanol–water partition coefficient (Wildman–Crippen LogP) is 4.62. The zero-order chi connectivity index (χ0) is 25.4. The summed E-state index contributed by atoms with van der Waals surface area (Å²) in [5.41, 5.74) is 3.38. The molecule has 0 fully saturated rings. The van der Waals surface area contributed by atoms with Gasteiger partial charge >= 0.3 is 0 Å². The van der Waals surface area contributed by atoms with Crippen LogP contribution in [0.1, 0.15) is 41.9 Å². The van der Waals surface area contributed by atoms with Crippen molar-refractivity contribution in [2.75, 3.05) is 17.7 Å². The second-order valence-electron chi connectivity index (χ2n) is 7.85. The van der Waals surface area contributed by atoms with Crippen LogP contribution in [0.3, 0.4) is 0 Å². The van der Waals surface area contributed by atoms with Crippen molar-refractivity contribution in [3.63, 3.8) is 0 Å². The number of rotatable bonds is 8. The smallest absolute Gasteiger partial charge is 0.257 e. The number of carbonyl (C=O) groups is 2. The first kappa shape index (κ1) is 25.8. The van der Waals surface area contributed by atoms with Gasteiger partial charge in [-0.15, -0.1) is 0 Å². The van der Waals surface area contributed by atoms with Gasteiger partial charge in [0.2, 0.25) is 11.9 Å². The number of hydrogen-bond acceptors (Lipinski definition) is 5. The van der Waals surface area contributed by atoms with Crippen LogP contribution in [0.4, 0.5) is 11.4 Å². The van der Waals surface area contributed by atoms with Crippen molar-refractivity contribution in [3.8, 4) is 5.75 Å². The Morgan fingerprint density at radius 3 is 2.54 bits per heavy atom. The zero-order valence-corrected chi connectivity index (χ0v) is 20.9. The maximum absolute atomic E-state index is 13.0. The molecule has 1 aromatic heterocycles. The number of aromatic nitrogens is 2. The van der Waals surface area contributed by atoms with E-state index in [1.54, 1.807) is 49.6 Å². The highest BCUT2D eigenvalue weighted by molar-refractivity contribution is 6.31. The zero-order valence-electron chi connectivity index (χ0n) is 20.2. The molecule has 0 aliphatic rings. The third kappa shape index (κ3) is 7.31. The van der Waals surface area contributed by atoms with Crippen molar-refractivity contribution < 1.29 is 14.3 Å². The van der Waals surface area contributed by atoms with Gasteiger partial charge in [0, 0.05) is 41.5 Å². The van der Waals surface area contributed by atoms with E-state index in [1.165, 1.54) is 6.92 Å². The van der Waals surface area contributed by atoms with Gasteiger partial charge in [-0.2, -0.15) is 5.10 Å². The molecule has 3 rings (SSSR count). The average Bonchev–Trinajstić information content (AvgIpc) is 3.16. The number of halogens is 1. The molecule has 3 aromatic rings. The van der Waals surface area contributed by atoms with Crippen LogP contribution in [0.2, 0.25) is 5.02 Å². The summed E-state index contributed by atoms with van der Waals surface area (Å²) < 4.78 is 7.30. The first-order chi connectivity index (χ1) is 16.8. The second-order valence-corrected chi connectivity index (χ2v) is 8.29. The lowest BCUT2D eigenvalue weighted by Gasteiger charge is -2.15. The van der Waals surface area contributed by atoms with Gasteiger partial charge in [0.25, 0.3) is 5.91 Å². The number of guanidine groups is 1. The van der Waals surface area contributed by atoms with E-state index >= 15 is 0 Å². The Bertz CT molecular complexity index is 1220. The summed E-state index contributed by atoms with van der Waals surface area (Å²) in [6, 6.07) is 11.7. The summed E-state index contributed by atoms with van der Waals surface area (Å²) in [6.07, 6.45) is 2.93. The summed E-state index contributed by atoms with van der Waals surface area (Å²) in [5, 5.41) is 13.6. The number of aryl methyl sites for hydroxylation is 2. The van der Waals surface area contributed by atoms with E-state index in [4.69, 9.17) is 16.3 Å². The van der Waals surface area contributed by atoms with Gasteiger partial charge in [-0.3, -0.25) is 19.6 Å². The quantitative estimate of drug-likeness (QED) is 0.311. The average molecular weight is 497 g/mol. The summed E-state index contributed by atoms with van der Waals surface area (Å²) in [6.45, 7) is 6.57. The van der Waals surface area contributed by atoms with Gasteiger partial charge in [-0.1, -0.05) is 18.5 Å². The number of aliphatic imine (C=N–C) groups is 1. The first-order valence-electron chi connectivity index (χ1n) is 11.2. The molecule has 0 spiro atoms. The van der Waals surface area contributed by atoms with E-state index in [0.29, 0.717) is 34.3 Å². The second kappa shape index (κ2) is 12.0. The fraction of sp³-hybridized carbons (Fsp3) is 0.280. The number of amides is 2. The van der Waals surface area contributed by atoms with Crippen LogP contribution in [0.5, 0.6) is 5.75 Å². The first-order valence-corrected chi connectivity index (χ1v) is 11.5. The maximum atomic E-state index is 13.0. The molecule has 10 heteroatoms. The monoisotopic (exact) mass is 496 g/mol. The lowest BCUT2D eigenvalue weighted by atomic mass is 10.2. The molecule has 0 saturated carbocycles. The number of methoxy groups -OCH3 is 1. The molecule has 0 atom stereocenters. The van der Waals surface area contributed by atoms with Gasteiger partial charge in [0.05, 0.1) is 25.0 Å². The molecule has 1 heterocycles. The van der Waals surface area contributed by atoms with Crippen LogP contribution in [-0.2, 0) is 17.9 Å². The largest absolute Gasteiger partial charge is 0.495 e. The van der Waals surface area contributed by atoms with Gasteiger partial charge < -0.3 is 15.4 Å². The molecule has 0 radical (unpaired) electrons. The number of nitrogens with zero attached hydrogens (tertiary/aromatic N) is 3. The minimum Gasteiger partial charge on any atom is -0.495 e. The van der Waals surface area contributed by atoms with Crippen LogP contribution < -0.4 is 20.7 Å². The Morgan fingerprint density at radius 2 is 1.89 bits per heavy atom. The highest BCUT2D eigenvalue weighted by atomic mass is 35.5. The van der Waals surface area contributed by atoms with E-state index in [0.717, 1.165) is 24.2 Å². The van der Waals surface area contributed by atoms with Crippen LogP contribution in [0.15, 0.2) is 53.7 Å². The molecule has 2 aromatic carbocycles. The van der Waals surface area contributed by atoms with E-state index in [9.17, 15) is 9.59 Å². The number of hydrogen-bond donors (Lipinski definition) is 3. The third-order valence-corrected chi connectivity index (χ3v) is 5.26. The standard InChI is InChI=1S/C25H29ClN6O3/c1-5-12-32-15-19(16(2)31-32)14-27-25(29-22-13-20(26)8-11-23(22)35-4)30-24(34)18-6-9-21(10-7-18)28-17(3)33/h6-11,13,15H,5,12,14H2,1-4H3,(H,28,33)(H2,27,29,30,34). The Labute approximate surface area is 209 Å². The van der Waals surface area contributed by atoms with Gasteiger partial charge in [-0.25, -0.2) is 4.99 Å². The highest BCUT2D eigenvalue weighted by Gasteiger charge is 2.13. The van der Waals surface area contributed by atoms with Crippen molar-refractivity contribution in [1.29, 1.82) is 0 Å². The summed E-state index contributed by atoms with van der Waals surface area (Å²) >= 11 is 6.17. The van der Waals surface area contributed by atoms with E-state index < -0.39 is 0 Å². The molecule has 2 amide bonds. The number of carbonyl (C=O) groups excluding carboxylic acids is 2. The highest BCUT2D eigenvalue weighted by Crippen LogP contribution is 2.27. The van der Waals surface area contributed by atoms with Crippen LogP contribution in [-0.4, -0.2) is 34.7 Å². The molecule has 0 saturated heterocycles. The number of benzene rings is 2. The third-order valence-electron chi connectivity index (χ3n) is 5.02. The number of ether oxygens (including phenoxy) is 1. The molecule has 0 bridgehead atoms. The Morgan fingerprint density at radius 1 is 1.14 bits per heavy atom. The minimum atomic E-state index is -0.370. The van der Waals surface area contributed by atoms with Crippen LogP contribution in [0, 0.1) is 6.92 Å². The van der Waals surface area contributed by atoms with Crippen LogP contribution in [0.25, 0.3) is 0 Å². The topological polar surface area (TPSA) is 110 Å². The molecule has 184 valence electrons. The van der Waals surface area contributed by atoms with Gasteiger partial charge in [-0.05, 0) is 55.8 Å². The molecule has 0 aliphatic carbocycles. The van der Waals surface area contributed by atoms with Gasteiger partial charge in [0.1, 0.15) is 5.75 Å². The molecule has 0 aliphatic heterocycles. The van der Waals surface area contributed by atoms with Crippen molar-refractivity contribution in [2.24, 2.45) is 4.99 Å². The molecule has 0 unspecified atom stereocenters. The Balaban J connectivity index is 1.85. The fourth-order valence-electron chi connectivity index (χ4n) is 3.33. The molecular weight excluding hydrogens is 468 g/mol. The summed E-state index contributed by atoms with van der Waals surface area (Å²) in [5.74, 6) is 0.214. The fourth-order valence-corrected chi connectivity index (χ4v) is 3.50. The predicted molar refractivity (Wildman–Crippen MR) is 138 cm³/mol. The lowest BCUT2D eigenvalue weighted by molar-refractivity contribution is -0.114. The summed E-state index contributed by atoms with van der Waals surface area (Å²) in [7, 11) is 1.55. The van der Waals surface area contributed by atoms with Crippen molar-refractivity contribution in [2.45, 2.75) is 40.3 Å². The molecule has 35 heavy (non-hydrogen) atoms. The van der Waals surface area contributed by atoms with E-state index in [-0.39, 0.29) is 17.8 Å². The number of anilines is 2.